The predicted octanol–water partition coefficient (Wildman–Crippen LogP) is 1.40. The molecule has 0 aromatic heterocycles. The molecule has 0 aliphatic carbocycles. The van der Waals surface area contributed by atoms with Gasteiger partial charge in [-0.1, -0.05) is 6.58 Å². The summed E-state index contributed by atoms with van der Waals surface area (Å²) in [6.07, 6.45) is 1.59. The van der Waals surface area contributed by atoms with Crippen LogP contribution in [-0.2, 0) is 0 Å². The molecule has 0 rings (SSSR count). The molecule has 0 aromatic carbocycles. The second-order valence-electron chi connectivity index (χ2n) is 2.62. The van der Waals surface area contributed by atoms with Crippen LogP contribution >= 0.6 is 0 Å². The first-order valence-electron chi connectivity index (χ1n) is 3.42. The van der Waals surface area contributed by atoms with Gasteiger partial charge in [0.2, 0.25) is 0 Å². The zero-order chi connectivity index (χ0) is 8.20. The van der Waals surface area contributed by atoms with E-state index in [1.54, 1.807) is 19.9 Å². The van der Waals surface area contributed by atoms with Crippen molar-refractivity contribution >= 4 is 5.71 Å². The molecule has 0 aromatic rings. The van der Waals surface area contributed by atoms with Crippen LogP contribution in [0.1, 0.15) is 20.8 Å². The third-order valence-electron chi connectivity index (χ3n) is 1.15. The molecule has 1 N–H and O–H groups in total. The van der Waals surface area contributed by atoms with E-state index in [-0.39, 0.29) is 0 Å². The molecule has 10 heavy (non-hydrogen) atoms. The minimum atomic E-state index is -0.849. The van der Waals surface area contributed by atoms with Crippen molar-refractivity contribution in [2.75, 3.05) is 6.54 Å². The van der Waals surface area contributed by atoms with Crippen LogP contribution in [0.15, 0.2) is 17.6 Å². The first-order chi connectivity index (χ1) is 4.52. The van der Waals surface area contributed by atoms with Crippen molar-refractivity contribution in [3.05, 3.63) is 12.7 Å². The minimum Gasteiger partial charge on any atom is -0.384 e. The van der Waals surface area contributed by atoms with E-state index in [1.165, 1.54) is 0 Å². The van der Waals surface area contributed by atoms with E-state index in [0.29, 0.717) is 12.3 Å². The Hall–Kier alpha value is -0.630. The molecule has 0 bridgehead atoms. The van der Waals surface area contributed by atoms with Crippen molar-refractivity contribution in [3.63, 3.8) is 0 Å². The molecule has 0 amide bonds. The van der Waals surface area contributed by atoms with Crippen molar-refractivity contribution in [2.45, 2.75) is 26.4 Å². The molecule has 58 valence electrons. The molecule has 0 spiro atoms. The summed E-state index contributed by atoms with van der Waals surface area (Å²) in [7, 11) is 0. The lowest BCUT2D eigenvalue weighted by atomic mass is 10.0. The highest BCUT2D eigenvalue weighted by Crippen LogP contribution is 2.05. The Bertz CT molecular complexity index is 142. The summed E-state index contributed by atoms with van der Waals surface area (Å²) in [6.45, 7) is 9.56. The van der Waals surface area contributed by atoms with E-state index in [9.17, 15) is 5.11 Å². The zero-order valence-electron chi connectivity index (χ0n) is 6.89. The molecule has 0 fully saturated rings. The van der Waals surface area contributed by atoms with E-state index >= 15 is 0 Å². The third kappa shape index (κ3) is 2.78. The Morgan fingerprint density at radius 2 is 2.20 bits per heavy atom. The molecular formula is C8H15NO. The minimum absolute atomic E-state index is 0.648. The van der Waals surface area contributed by atoms with E-state index in [0.717, 1.165) is 0 Å². The molecule has 2 nitrogen and oxygen atoms in total. The van der Waals surface area contributed by atoms with Gasteiger partial charge >= 0.3 is 0 Å². The van der Waals surface area contributed by atoms with Crippen LogP contribution in [0.25, 0.3) is 0 Å². The van der Waals surface area contributed by atoms with Gasteiger partial charge in [-0.25, -0.2) is 0 Å². The molecule has 0 unspecified atom stereocenters. The van der Waals surface area contributed by atoms with Crippen LogP contribution in [0, 0.1) is 0 Å². The van der Waals surface area contributed by atoms with Gasteiger partial charge in [-0.3, -0.25) is 4.99 Å². The van der Waals surface area contributed by atoms with Crippen molar-refractivity contribution in [1.29, 1.82) is 0 Å². The third-order valence-corrected chi connectivity index (χ3v) is 1.15. The van der Waals surface area contributed by atoms with Gasteiger partial charge in [0.1, 0.15) is 5.60 Å². The summed E-state index contributed by atoms with van der Waals surface area (Å²) < 4.78 is 0. The Kier molecular flexibility index (Phi) is 3.30. The van der Waals surface area contributed by atoms with Gasteiger partial charge in [0.25, 0.3) is 0 Å². The van der Waals surface area contributed by atoms with Gasteiger partial charge in [0, 0.05) is 6.54 Å². The van der Waals surface area contributed by atoms with Gasteiger partial charge in [-0.15, -0.1) is 0 Å². The first kappa shape index (κ1) is 9.37. The molecule has 0 radical (unpaired) electrons. The van der Waals surface area contributed by atoms with Gasteiger partial charge in [-0.2, -0.15) is 0 Å². The predicted molar refractivity (Wildman–Crippen MR) is 44.5 cm³/mol. The summed E-state index contributed by atoms with van der Waals surface area (Å²) in [6, 6.07) is 0. The van der Waals surface area contributed by atoms with E-state index < -0.39 is 5.60 Å². The quantitative estimate of drug-likeness (QED) is 0.592. The molecule has 2 heteroatoms. The summed E-state index contributed by atoms with van der Waals surface area (Å²) in [5.41, 5.74) is -0.201. The fourth-order valence-electron chi connectivity index (χ4n) is 0.678. The normalized spacial score (nSPS) is 13.4. The Morgan fingerprint density at radius 3 is 2.30 bits per heavy atom. The second kappa shape index (κ2) is 3.52. The Balaban J connectivity index is 4.36. The topological polar surface area (TPSA) is 32.6 Å². The SMILES string of the molecule is C=CC(=NCC)C(C)(C)O. The largest absolute Gasteiger partial charge is 0.384 e. The maximum absolute atomic E-state index is 9.41. The smallest absolute Gasteiger partial charge is 0.100 e. The fourth-order valence-corrected chi connectivity index (χ4v) is 0.678. The molecular weight excluding hydrogens is 126 g/mol. The molecule has 0 saturated carbocycles. The summed E-state index contributed by atoms with van der Waals surface area (Å²) in [5.74, 6) is 0. The lowest BCUT2D eigenvalue weighted by molar-refractivity contribution is 0.155. The molecule has 0 atom stereocenters. The zero-order valence-corrected chi connectivity index (χ0v) is 6.89. The van der Waals surface area contributed by atoms with Gasteiger partial charge in [-0.05, 0) is 26.8 Å². The Labute approximate surface area is 62.3 Å². The summed E-state index contributed by atoms with van der Waals surface area (Å²) in [5, 5.41) is 9.41. The average molecular weight is 141 g/mol. The van der Waals surface area contributed by atoms with Crippen LogP contribution in [0.2, 0.25) is 0 Å². The van der Waals surface area contributed by atoms with Crippen LogP contribution in [0.4, 0.5) is 0 Å². The highest BCUT2D eigenvalue weighted by molar-refractivity contribution is 6.00. The number of nitrogens with zero attached hydrogens (tertiary/aromatic N) is 1. The summed E-state index contributed by atoms with van der Waals surface area (Å²) in [4.78, 5) is 4.06. The van der Waals surface area contributed by atoms with E-state index in [1.807, 2.05) is 6.92 Å². The molecule has 0 heterocycles. The van der Waals surface area contributed by atoms with E-state index in [4.69, 9.17) is 0 Å². The standard InChI is InChI=1S/C8H15NO/c1-5-7(9-6-2)8(3,4)10/h5,10H,1,6H2,2-4H3. The van der Waals surface area contributed by atoms with Crippen molar-refractivity contribution in [3.8, 4) is 0 Å². The number of hydrogen-bond acceptors (Lipinski definition) is 2. The monoisotopic (exact) mass is 141 g/mol. The van der Waals surface area contributed by atoms with Crippen LogP contribution in [0.5, 0.6) is 0 Å². The van der Waals surface area contributed by atoms with Crippen LogP contribution < -0.4 is 0 Å². The fraction of sp³-hybridized carbons (Fsp3) is 0.625. The number of hydrogen-bond donors (Lipinski definition) is 1. The average Bonchev–Trinajstić information content (AvgIpc) is 1.80. The Morgan fingerprint density at radius 1 is 1.70 bits per heavy atom. The second-order valence-corrected chi connectivity index (χ2v) is 2.62. The first-order valence-corrected chi connectivity index (χ1v) is 3.42. The molecule has 0 saturated heterocycles. The van der Waals surface area contributed by atoms with Gasteiger partial charge in [0.05, 0.1) is 5.71 Å². The maximum Gasteiger partial charge on any atom is 0.100 e. The highest BCUT2D eigenvalue weighted by atomic mass is 16.3. The van der Waals surface area contributed by atoms with E-state index in [2.05, 4.69) is 11.6 Å². The van der Waals surface area contributed by atoms with Crippen molar-refractivity contribution < 1.29 is 5.11 Å². The van der Waals surface area contributed by atoms with Gasteiger partial charge in [0.15, 0.2) is 0 Å². The number of aliphatic hydroxyl groups is 1. The lowest BCUT2D eigenvalue weighted by Gasteiger charge is -2.16. The highest BCUT2D eigenvalue weighted by Gasteiger charge is 2.17. The van der Waals surface area contributed by atoms with Crippen LogP contribution in [-0.4, -0.2) is 23.0 Å². The summed E-state index contributed by atoms with van der Waals surface area (Å²) >= 11 is 0. The number of rotatable bonds is 3. The van der Waals surface area contributed by atoms with Gasteiger partial charge < -0.3 is 5.11 Å². The molecule has 0 aliphatic heterocycles. The van der Waals surface area contributed by atoms with Crippen LogP contribution in [0.3, 0.4) is 0 Å². The maximum atomic E-state index is 9.41. The van der Waals surface area contributed by atoms with Crippen molar-refractivity contribution in [2.24, 2.45) is 4.99 Å². The lowest BCUT2D eigenvalue weighted by Crippen LogP contribution is -2.29. The molecule has 0 aliphatic rings. The number of aliphatic imine (C=N–C) groups is 1. The van der Waals surface area contributed by atoms with Crippen molar-refractivity contribution in [1.82, 2.24) is 0 Å².